The van der Waals surface area contributed by atoms with Crippen LogP contribution in [0.4, 0.5) is 11.4 Å². The standard InChI is InChI=1S/C21H30N2O2/c1-14-9-19(23-5-7-25-8-6-23)10-15(2)21(14)22-20(24)13-18-12-16-3-4-17(18)11-16/h9-10,16-18H,3-8,11-13H2,1-2H3,(H,22,24). The number of nitrogens with zero attached hydrogens (tertiary/aromatic N) is 1. The maximum absolute atomic E-state index is 12.6. The number of carbonyl (C=O) groups is 1. The van der Waals surface area contributed by atoms with E-state index in [1.54, 1.807) is 0 Å². The third kappa shape index (κ3) is 3.55. The number of fused-ring (bicyclic) bond motifs is 2. The molecule has 0 aromatic heterocycles. The lowest BCUT2D eigenvalue weighted by Gasteiger charge is -2.30. The minimum atomic E-state index is 0.197. The Labute approximate surface area is 150 Å². The molecule has 1 amide bonds. The number of morpholine rings is 1. The zero-order valence-electron chi connectivity index (χ0n) is 15.5. The highest BCUT2D eigenvalue weighted by Crippen LogP contribution is 2.49. The number of rotatable bonds is 4. The second-order valence-corrected chi connectivity index (χ2v) is 8.24. The van der Waals surface area contributed by atoms with Crippen molar-refractivity contribution in [1.29, 1.82) is 0 Å². The van der Waals surface area contributed by atoms with Gasteiger partial charge in [0.25, 0.3) is 0 Å². The normalized spacial score (nSPS) is 28.4. The van der Waals surface area contributed by atoms with E-state index in [1.165, 1.54) is 31.4 Å². The molecule has 3 atom stereocenters. The van der Waals surface area contributed by atoms with Gasteiger partial charge in [-0.25, -0.2) is 0 Å². The third-order valence-electron chi connectivity index (χ3n) is 6.49. The fraction of sp³-hybridized carbons (Fsp3) is 0.667. The van der Waals surface area contributed by atoms with Crippen molar-refractivity contribution in [2.75, 3.05) is 36.5 Å². The number of anilines is 2. The minimum absolute atomic E-state index is 0.197. The summed E-state index contributed by atoms with van der Waals surface area (Å²) in [6.07, 6.45) is 6.07. The molecule has 4 rings (SSSR count). The Balaban J connectivity index is 1.42. The Morgan fingerprint density at radius 2 is 1.88 bits per heavy atom. The third-order valence-corrected chi connectivity index (χ3v) is 6.49. The van der Waals surface area contributed by atoms with Gasteiger partial charge in [0.15, 0.2) is 0 Å². The Bertz CT molecular complexity index is 628. The van der Waals surface area contributed by atoms with E-state index in [-0.39, 0.29) is 5.91 Å². The average molecular weight is 342 g/mol. The predicted molar refractivity (Wildman–Crippen MR) is 101 cm³/mol. The van der Waals surface area contributed by atoms with Crippen LogP contribution in [0.3, 0.4) is 0 Å². The molecule has 2 bridgehead atoms. The second kappa shape index (κ2) is 6.99. The Hall–Kier alpha value is -1.55. The van der Waals surface area contributed by atoms with Gasteiger partial charge in [-0.05, 0) is 74.1 Å². The summed E-state index contributed by atoms with van der Waals surface area (Å²) in [6, 6.07) is 4.40. The van der Waals surface area contributed by atoms with Crippen LogP contribution in [-0.2, 0) is 9.53 Å². The smallest absolute Gasteiger partial charge is 0.224 e. The lowest BCUT2D eigenvalue weighted by molar-refractivity contribution is -0.117. The molecule has 1 aromatic carbocycles. The number of amides is 1. The molecule has 0 spiro atoms. The molecule has 25 heavy (non-hydrogen) atoms. The van der Waals surface area contributed by atoms with Gasteiger partial charge in [-0.2, -0.15) is 0 Å². The number of ether oxygens (including phenoxy) is 1. The molecular formula is C21H30N2O2. The zero-order valence-corrected chi connectivity index (χ0v) is 15.5. The van der Waals surface area contributed by atoms with Crippen LogP contribution in [0.25, 0.3) is 0 Å². The van der Waals surface area contributed by atoms with E-state index in [2.05, 4.69) is 36.2 Å². The highest BCUT2D eigenvalue weighted by atomic mass is 16.5. The quantitative estimate of drug-likeness (QED) is 0.902. The van der Waals surface area contributed by atoms with E-state index in [1.807, 2.05) is 0 Å². The first kappa shape index (κ1) is 16.9. The molecule has 3 aliphatic rings. The first-order chi connectivity index (χ1) is 12.1. The Morgan fingerprint density at radius 1 is 1.16 bits per heavy atom. The van der Waals surface area contributed by atoms with Crippen LogP contribution in [0.15, 0.2) is 12.1 Å². The van der Waals surface area contributed by atoms with Gasteiger partial charge < -0.3 is 15.0 Å². The maximum atomic E-state index is 12.6. The fourth-order valence-corrected chi connectivity index (χ4v) is 5.20. The average Bonchev–Trinajstić information content (AvgIpc) is 3.21. The molecule has 1 aliphatic heterocycles. The second-order valence-electron chi connectivity index (χ2n) is 8.24. The molecule has 1 aromatic rings. The van der Waals surface area contributed by atoms with E-state index in [9.17, 15) is 4.79 Å². The predicted octanol–water partition coefficient (Wildman–Crippen LogP) is 3.90. The van der Waals surface area contributed by atoms with E-state index < -0.39 is 0 Å². The highest BCUT2D eigenvalue weighted by molar-refractivity contribution is 5.93. The molecule has 3 fully saturated rings. The van der Waals surface area contributed by atoms with Crippen LogP contribution < -0.4 is 10.2 Å². The van der Waals surface area contributed by atoms with Crippen molar-refractivity contribution in [1.82, 2.24) is 0 Å². The van der Waals surface area contributed by atoms with Crippen molar-refractivity contribution in [2.45, 2.75) is 46.0 Å². The van der Waals surface area contributed by atoms with Crippen molar-refractivity contribution >= 4 is 17.3 Å². The summed E-state index contributed by atoms with van der Waals surface area (Å²) < 4.78 is 5.44. The van der Waals surface area contributed by atoms with E-state index in [4.69, 9.17) is 4.74 Å². The van der Waals surface area contributed by atoms with Crippen molar-refractivity contribution < 1.29 is 9.53 Å². The van der Waals surface area contributed by atoms with Gasteiger partial charge in [-0.3, -0.25) is 4.79 Å². The number of carbonyl (C=O) groups excluding carboxylic acids is 1. The van der Waals surface area contributed by atoms with Crippen LogP contribution in [0, 0.1) is 31.6 Å². The van der Waals surface area contributed by atoms with E-state index >= 15 is 0 Å². The van der Waals surface area contributed by atoms with Crippen molar-refractivity contribution in [3.05, 3.63) is 23.3 Å². The summed E-state index contributed by atoms with van der Waals surface area (Å²) in [5.74, 6) is 2.52. The van der Waals surface area contributed by atoms with Crippen molar-refractivity contribution in [3.8, 4) is 0 Å². The largest absolute Gasteiger partial charge is 0.378 e. The summed E-state index contributed by atoms with van der Waals surface area (Å²) in [7, 11) is 0. The summed E-state index contributed by atoms with van der Waals surface area (Å²) in [5, 5.41) is 3.21. The number of benzene rings is 1. The van der Waals surface area contributed by atoms with Crippen LogP contribution >= 0.6 is 0 Å². The summed E-state index contributed by atoms with van der Waals surface area (Å²) in [6.45, 7) is 7.66. The van der Waals surface area contributed by atoms with Crippen LogP contribution in [0.5, 0.6) is 0 Å². The monoisotopic (exact) mass is 342 g/mol. The van der Waals surface area contributed by atoms with Gasteiger partial charge in [-0.15, -0.1) is 0 Å². The van der Waals surface area contributed by atoms with Crippen molar-refractivity contribution in [3.63, 3.8) is 0 Å². The molecule has 1 saturated heterocycles. The Kier molecular flexibility index (Phi) is 4.72. The first-order valence-electron chi connectivity index (χ1n) is 9.84. The molecule has 4 nitrogen and oxygen atoms in total. The van der Waals surface area contributed by atoms with Crippen LogP contribution in [-0.4, -0.2) is 32.2 Å². The summed E-state index contributed by atoms with van der Waals surface area (Å²) in [4.78, 5) is 15.0. The van der Waals surface area contributed by atoms with Gasteiger partial charge >= 0.3 is 0 Å². The lowest BCUT2D eigenvalue weighted by Crippen LogP contribution is -2.36. The molecule has 1 N–H and O–H groups in total. The molecule has 2 saturated carbocycles. The molecular weight excluding hydrogens is 312 g/mol. The van der Waals surface area contributed by atoms with Gasteiger partial charge in [0.05, 0.1) is 13.2 Å². The van der Waals surface area contributed by atoms with E-state index in [0.717, 1.165) is 55.0 Å². The Morgan fingerprint density at radius 3 is 2.48 bits per heavy atom. The fourth-order valence-electron chi connectivity index (χ4n) is 5.20. The molecule has 1 heterocycles. The van der Waals surface area contributed by atoms with Gasteiger partial charge in [-0.1, -0.05) is 6.42 Å². The first-order valence-corrected chi connectivity index (χ1v) is 9.84. The zero-order chi connectivity index (χ0) is 17.4. The van der Waals surface area contributed by atoms with E-state index in [0.29, 0.717) is 12.3 Å². The number of nitrogens with one attached hydrogen (secondary N) is 1. The highest BCUT2D eigenvalue weighted by Gasteiger charge is 2.40. The minimum Gasteiger partial charge on any atom is -0.378 e. The molecule has 0 radical (unpaired) electrons. The lowest BCUT2D eigenvalue weighted by atomic mass is 9.86. The molecule has 3 unspecified atom stereocenters. The van der Waals surface area contributed by atoms with Crippen LogP contribution in [0.2, 0.25) is 0 Å². The molecule has 2 aliphatic carbocycles. The number of aryl methyl sites for hydroxylation is 2. The van der Waals surface area contributed by atoms with Gasteiger partial charge in [0.1, 0.15) is 0 Å². The van der Waals surface area contributed by atoms with Crippen LogP contribution in [0.1, 0.15) is 43.2 Å². The SMILES string of the molecule is Cc1cc(N2CCOCC2)cc(C)c1NC(=O)CC1CC2CCC1C2. The summed E-state index contributed by atoms with van der Waals surface area (Å²) >= 11 is 0. The number of hydrogen-bond acceptors (Lipinski definition) is 3. The molecule has 136 valence electrons. The van der Waals surface area contributed by atoms with Gasteiger partial charge in [0, 0.05) is 30.9 Å². The number of hydrogen-bond donors (Lipinski definition) is 1. The summed E-state index contributed by atoms with van der Waals surface area (Å²) in [5.41, 5.74) is 4.56. The molecule has 4 heteroatoms. The van der Waals surface area contributed by atoms with Gasteiger partial charge in [0.2, 0.25) is 5.91 Å². The topological polar surface area (TPSA) is 41.6 Å². The van der Waals surface area contributed by atoms with Crippen molar-refractivity contribution in [2.24, 2.45) is 17.8 Å². The maximum Gasteiger partial charge on any atom is 0.224 e.